The number of carbonyl (C=O) groups is 2. The van der Waals surface area contributed by atoms with Gasteiger partial charge in [-0.15, -0.1) is 11.6 Å². The summed E-state index contributed by atoms with van der Waals surface area (Å²) in [7, 11) is 0. The molecule has 0 aromatic carbocycles. The average Bonchev–Trinajstić information content (AvgIpc) is 2.51. The highest BCUT2D eigenvalue weighted by atomic mass is 35.5. The molecule has 1 rings (SSSR count). The van der Waals surface area contributed by atoms with Crippen molar-refractivity contribution in [3.8, 4) is 6.07 Å². The van der Waals surface area contributed by atoms with Gasteiger partial charge in [-0.1, -0.05) is 0 Å². The second-order valence-electron chi connectivity index (χ2n) is 4.63. The van der Waals surface area contributed by atoms with Crippen LogP contribution in [0.25, 0.3) is 0 Å². The molecule has 1 saturated heterocycles. The fourth-order valence-corrected chi connectivity index (χ4v) is 2.23. The fourth-order valence-electron chi connectivity index (χ4n) is 2.12. The fraction of sp³-hybridized carbons (Fsp3) is 0.643. The van der Waals surface area contributed by atoms with Crippen LogP contribution in [0.5, 0.6) is 0 Å². The van der Waals surface area contributed by atoms with E-state index in [1.807, 2.05) is 6.07 Å². The molecule has 0 saturated carbocycles. The molecule has 0 radical (unpaired) electrons. The molecule has 21 heavy (non-hydrogen) atoms. The molecule has 6 nitrogen and oxygen atoms in total. The summed E-state index contributed by atoms with van der Waals surface area (Å²) >= 11 is 5.51. The normalized spacial score (nSPS) is 16.2. The first kappa shape index (κ1) is 17.3. The Balaban J connectivity index is 2.52. The lowest BCUT2D eigenvalue weighted by Crippen LogP contribution is -2.41. The SMILES string of the molecule is CCOC(=O)C1CCN(C(=O)/C(C#N)=C\NCCCl)CC1. The van der Waals surface area contributed by atoms with Crippen molar-refractivity contribution in [2.75, 3.05) is 32.1 Å². The van der Waals surface area contributed by atoms with Crippen LogP contribution in [0.1, 0.15) is 19.8 Å². The molecule has 0 aromatic rings. The zero-order valence-electron chi connectivity index (χ0n) is 12.1. The van der Waals surface area contributed by atoms with Crippen molar-refractivity contribution in [3.05, 3.63) is 11.8 Å². The Bertz CT molecular complexity index is 437. The van der Waals surface area contributed by atoms with Crippen molar-refractivity contribution < 1.29 is 14.3 Å². The third kappa shape index (κ3) is 5.27. The Hall–Kier alpha value is -1.74. The van der Waals surface area contributed by atoms with E-state index < -0.39 is 0 Å². The maximum Gasteiger partial charge on any atom is 0.309 e. The second-order valence-corrected chi connectivity index (χ2v) is 5.01. The number of carbonyl (C=O) groups excluding carboxylic acids is 2. The van der Waals surface area contributed by atoms with E-state index in [1.165, 1.54) is 6.20 Å². The molecule has 1 heterocycles. The number of nitriles is 1. The highest BCUT2D eigenvalue weighted by Crippen LogP contribution is 2.19. The van der Waals surface area contributed by atoms with Crippen LogP contribution in [0, 0.1) is 17.2 Å². The van der Waals surface area contributed by atoms with Crippen LogP contribution in [0.15, 0.2) is 11.8 Å². The van der Waals surface area contributed by atoms with E-state index in [2.05, 4.69) is 5.32 Å². The lowest BCUT2D eigenvalue weighted by molar-refractivity contribution is -0.150. The van der Waals surface area contributed by atoms with Gasteiger partial charge in [-0.25, -0.2) is 0 Å². The first-order chi connectivity index (χ1) is 10.1. The summed E-state index contributed by atoms with van der Waals surface area (Å²) in [6.45, 7) is 3.54. The van der Waals surface area contributed by atoms with Gasteiger partial charge in [0.05, 0.1) is 12.5 Å². The molecule has 0 bridgehead atoms. The molecule has 7 heteroatoms. The van der Waals surface area contributed by atoms with Crippen LogP contribution < -0.4 is 5.32 Å². The van der Waals surface area contributed by atoms with E-state index in [9.17, 15) is 9.59 Å². The predicted octanol–water partition coefficient (Wildman–Crippen LogP) is 1.02. The molecule has 0 spiro atoms. The third-order valence-corrected chi connectivity index (χ3v) is 3.43. The first-order valence-electron chi connectivity index (χ1n) is 6.99. The zero-order valence-corrected chi connectivity index (χ0v) is 12.9. The van der Waals surface area contributed by atoms with E-state index >= 15 is 0 Å². The first-order valence-corrected chi connectivity index (χ1v) is 7.53. The number of esters is 1. The Labute approximate surface area is 129 Å². The molecular formula is C14H20ClN3O3. The lowest BCUT2D eigenvalue weighted by Gasteiger charge is -2.30. The maximum absolute atomic E-state index is 12.2. The van der Waals surface area contributed by atoms with E-state index in [4.69, 9.17) is 21.6 Å². The number of likely N-dealkylation sites (tertiary alicyclic amines) is 1. The van der Waals surface area contributed by atoms with Gasteiger partial charge in [-0.2, -0.15) is 5.26 Å². The van der Waals surface area contributed by atoms with E-state index in [0.29, 0.717) is 45.0 Å². The average molecular weight is 314 g/mol. The van der Waals surface area contributed by atoms with Gasteiger partial charge in [0.1, 0.15) is 11.6 Å². The molecule has 0 aromatic heterocycles. The van der Waals surface area contributed by atoms with Gasteiger partial charge in [-0.05, 0) is 19.8 Å². The highest BCUT2D eigenvalue weighted by molar-refractivity contribution is 6.18. The molecule has 1 aliphatic rings. The summed E-state index contributed by atoms with van der Waals surface area (Å²) in [6.07, 6.45) is 2.53. The lowest BCUT2D eigenvalue weighted by atomic mass is 9.96. The molecule has 1 amide bonds. The standard InChI is InChI=1S/C14H20ClN3O3/c1-2-21-14(20)11-3-7-18(8-4-11)13(19)12(9-16)10-17-6-5-15/h10-11,17H,2-8H2,1H3/b12-10-. The van der Waals surface area contributed by atoms with Crippen molar-refractivity contribution in [1.29, 1.82) is 5.26 Å². The number of hydrogen-bond acceptors (Lipinski definition) is 5. The van der Waals surface area contributed by atoms with Crippen LogP contribution >= 0.6 is 11.6 Å². The summed E-state index contributed by atoms with van der Waals surface area (Å²) in [6, 6.07) is 1.88. The minimum absolute atomic E-state index is 0.0506. The number of hydrogen-bond donors (Lipinski definition) is 1. The Morgan fingerprint density at radius 1 is 1.48 bits per heavy atom. The molecule has 1 aliphatic heterocycles. The maximum atomic E-state index is 12.2. The Kier molecular flexibility index (Phi) is 7.62. The largest absolute Gasteiger partial charge is 0.466 e. The summed E-state index contributed by atoms with van der Waals surface area (Å²) in [5.41, 5.74) is 0.0506. The number of nitrogens with zero attached hydrogens (tertiary/aromatic N) is 2. The third-order valence-electron chi connectivity index (χ3n) is 3.24. The second kappa shape index (κ2) is 9.24. The van der Waals surface area contributed by atoms with Gasteiger partial charge in [0.2, 0.25) is 0 Å². The van der Waals surface area contributed by atoms with Gasteiger partial charge in [0, 0.05) is 31.7 Å². The smallest absolute Gasteiger partial charge is 0.309 e. The van der Waals surface area contributed by atoms with Crippen molar-refractivity contribution in [1.82, 2.24) is 10.2 Å². The number of nitrogens with one attached hydrogen (secondary N) is 1. The van der Waals surface area contributed by atoms with Gasteiger partial charge in [0.15, 0.2) is 0 Å². The van der Waals surface area contributed by atoms with Crippen LogP contribution in [-0.2, 0) is 14.3 Å². The monoisotopic (exact) mass is 313 g/mol. The van der Waals surface area contributed by atoms with Gasteiger partial charge in [-0.3, -0.25) is 9.59 Å². The zero-order chi connectivity index (χ0) is 15.7. The van der Waals surface area contributed by atoms with Crippen LogP contribution in [0.4, 0.5) is 0 Å². The summed E-state index contributed by atoms with van der Waals surface area (Å²) in [4.78, 5) is 25.4. The molecule has 1 fully saturated rings. The van der Waals surface area contributed by atoms with E-state index in [0.717, 1.165) is 0 Å². The number of piperidine rings is 1. The van der Waals surface area contributed by atoms with Crippen molar-refractivity contribution in [3.63, 3.8) is 0 Å². The van der Waals surface area contributed by atoms with E-state index in [1.54, 1.807) is 11.8 Å². The Morgan fingerprint density at radius 2 is 2.14 bits per heavy atom. The van der Waals surface area contributed by atoms with Crippen molar-refractivity contribution in [2.45, 2.75) is 19.8 Å². The van der Waals surface area contributed by atoms with Crippen LogP contribution in [0.3, 0.4) is 0 Å². The number of amides is 1. The summed E-state index contributed by atoms with van der Waals surface area (Å²) in [5.74, 6) is -0.280. The predicted molar refractivity (Wildman–Crippen MR) is 78.4 cm³/mol. The van der Waals surface area contributed by atoms with Crippen LogP contribution in [-0.4, -0.2) is 48.9 Å². The van der Waals surface area contributed by atoms with Gasteiger partial charge in [0.25, 0.3) is 5.91 Å². The number of rotatable bonds is 6. The summed E-state index contributed by atoms with van der Waals surface area (Å²) in [5, 5.41) is 11.8. The number of halogens is 1. The number of ether oxygens (including phenoxy) is 1. The molecule has 0 aliphatic carbocycles. The molecule has 116 valence electrons. The topological polar surface area (TPSA) is 82.4 Å². The minimum Gasteiger partial charge on any atom is -0.466 e. The molecule has 0 atom stereocenters. The molecule has 0 unspecified atom stereocenters. The number of alkyl halides is 1. The van der Waals surface area contributed by atoms with E-state index in [-0.39, 0.29) is 23.4 Å². The molecule has 1 N–H and O–H groups in total. The summed E-state index contributed by atoms with van der Waals surface area (Å²) < 4.78 is 4.98. The van der Waals surface area contributed by atoms with Gasteiger partial charge >= 0.3 is 5.97 Å². The minimum atomic E-state index is -0.318. The quantitative estimate of drug-likeness (QED) is 0.260. The van der Waals surface area contributed by atoms with Crippen molar-refractivity contribution in [2.24, 2.45) is 5.92 Å². The van der Waals surface area contributed by atoms with Crippen LogP contribution in [0.2, 0.25) is 0 Å². The Morgan fingerprint density at radius 3 is 2.67 bits per heavy atom. The van der Waals surface area contributed by atoms with Gasteiger partial charge < -0.3 is 15.0 Å². The van der Waals surface area contributed by atoms with Crippen molar-refractivity contribution >= 4 is 23.5 Å². The molecular weight excluding hydrogens is 294 g/mol. The highest BCUT2D eigenvalue weighted by Gasteiger charge is 2.29.